The minimum Gasteiger partial charge on any atom is -0.356 e. The topological polar surface area (TPSA) is 54.2 Å². The molecule has 0 saturated heterocycles. The van der Waals surface area contributed by atoms with Crippen LogP contribution in [0.2, 0.25) is 0 Å². The molecule has 0 aliphatic carbocycles. The van der Waals surface area contributed by atoms with Crippen molar-refractivity contribution in [2.24, 2.45) is 12.0 Å². The second kappa shape index (κ2) is 10.8. The van der Waals surface area contributed by atoms with Crippen molar-refractivity contribution < 1.29 is 0 Å². The third-order valence-corrected chi connectivity index (χ3v) is 5.91. The van der Waals surface area contributed by atoms with Crippen molar-refractivity contribution in [3.8, 4) is 0 Å². The fraction of sp³-hybridized carbons (Fsp3) is 0.385. The Morgan fingerprint density at radius 1 is 1.00 bits per heavy atom. The lowest BCUT2D eigenvalue weighted by atomic mass is 9.88. The molecule has 2 aromatic carbocycles. The first-order valence-electron chi connectivity index (χ1n) is 11.1. The van der Waals surface area contributed by atoms with Gasteiger partial charge in [0.25, 0.3) is 0 Å². The van der Waals surface area contributed by atoms with Crippen molar-refractivity contribution in [1.29, 1.82) is 0 Å². The normalized spacial score (nSPS) is 12.8. The van der Waals surface area contributed by atoms with E-state index in [-0.39, 0.29) is 6.04 Å². The number of rotatable bonds is 8. The Morgan fingerprint density at radius 3 is 2.06 bits per heavy atom. The number of guanidine groups is 1. The molecule has 0 saturated carbocycles. The van der Waals surface area contributed by atoms with Gasteiger partial charge in [-0.1, -0.05) is 60.7 Å². The molecule has 0 aliphatic heterocycles. The summed E-state index contributed by atoms with van der Waals surface area (Å²) < 4.78 is 1.96. The van der Waals surface area contributed by atoms with Gasteiger partial charge in [-0.15, -0.1) is 0 Å². The molecule has 1 unspecified atom stereocenters. The SMILES string of the molecule is CN=C(NCCC(c1ccccc1)c1ccccc1)NC(C)Cc1c(C)nn(C)c1C. The molecule has 5 heteroatoms. The third kappa shape index (κ3) is 5.97. The van der Waals surface area contributed by atoms with Gasteiger partial charge in [-0.2, -0.15) is 5.10 Å². The average molecular weight is 418 g/mol. The summed E-state index contributed by atoms with van der Waals surface area (Å²) in [5, 5.41) is 11.6. The van der Waals surface area contributed by atoms with Crippen LogP contribution in [0.4, 0.5) is 0 Å². The molecule has 0 fully saturated rings. The molecule has 2 N–H and O–H groups in total. The number of hydrogen-bond acceptors (Lipinski definition) is 2. The van der Waals surface area contributed by atoms with Crippen LogP contribution in [0.15, 0.2) is 65.7 Å². The molecule has 164 valence electrons. The smallest absolute Gasteiger partial charge is 0.191 e. The Bertz CT molecular complexity index is 936. The zero-order valence-electron chi connectivity index (χ0n) is 19.4. The van der Waals surface area contributed by atoms with Crippen molar-refractivity contribution in [3.05, 3.63) is 88.7 Å². The van der Waals surface area contributed by atoms with Crippen molar-refractivity contribution in [1.82, 2.24) is 20.4 Å². The van der Waals surface area contributed by atoms with Crippen LogP contribution in [0.25, 0.3) is 0 Å². The zero-order valence-corrected chi connectivity index (χ0v) is 19.4. The molecule has 1 heterocycles. The average Bonchev–Trinajstić information content (AvgIpc) is 3.03. The van der Waals surface area contributed by atoms with Crippen LogP contribution in [-0.2, 0) is 13.5 Å². The van der Waals surface area contributed by atoms with Gasteiger partial charge in [-0.05, 0) is 50.3 Å². The van der Waals surface area contributed by atoms with Crippen LogP contribution in [0.1, 0.15) is 47.3 Å². The van der Waals surface area contributed by atoms with E-state index >= 15 is 0 Å². The molecule has 0 spiro atoms. The largest absolute Gasteiger partial charge is 0.356 e. The second-order valence-corrected chi connectivity index (χ2v) is 8.18. The maximum atomic E-state index is 4.53. The summed E-state index contributed by atoms with van der Waals surface area (Å²) in [5.74, 6) is 1.19. The molecule has 5 nitrogen and oxygen atoms in total. The number of aromatic nitrogens is 2. The first-order chi connectivity index (χ1) is 15.0. The third-order valence-electron chi connectivity index (χ3n) is 5.91. The number of aryl methyl sites for hydroxylation is 2. The van der Waals surface area contributed by atoms with Crippen molar-refractivity contribution >= 4 is 5.96 Å². The van der Waals surface area contributed by atoms with Gasteiger partial charge in [-0.3, -0.25) is 9.67 Å². The van der Waals surface area contributed by atoms with Gasteiger partial charge >= 0.3 is 0 Å². The zero-order chi connectivity index (χ0) is 22.2. The van der Waals surface area contributed by atoms with E-state index in [0.717, 1.165) is 31.0 Å². The molecule has 1 aromatic heterocycles. The van der Waals surface area contributed by atoms with E-state index in [0.29, 0.717) is 5.92 Å². The summed E-state index contributed by atoms with van der Waals surface area (Å²) in [4.78, 5) is 4.44. The number of benzene rings is 2. The van der Waals surface area contributed by atoms with Gasteiger partial charge in [-0.25, -0.2) is 0 Å². The molecule has 0 amide bonds. The lowest BCUT2D eigenvalue weighted by Crippen LogP contribution is -2.43. The van der Waals surface area contributed by atoms with Gasteiger partial charge < -0.3 is 10.6 Å². The predicted octanol–water partition coefficient (Wildman–Crippen LogP) is 4.36. The molecule has 1 atom stereocenters. The van der Waals surface area contributed by atoms with E-state index in [1.54, 1.807) is 0 Å². The Morgan fingerprint density at radius 2 is 1.58 bits per heavy atom. The van der Waals surface area contributed by atoms with E-state index in [1.807, 2.05) is 18.8 Å². The Balaban J connectivity index is 1.59. The van der Waals surface area contributed by atoms with Crippen LogP contribution >= 0.6 is 0 Å². The van der Waals surface area contributed by atoms with Gasteiger partial charge in [0.1, 0.15) is 0 Å². The van der Waals surface area contributed by atoms with Gasteiger partial charge in [0.15, 0.2) is 5.96 Å². The number of aliphatic imine (C=N–C) groups is 1. The number of hydrogen-bond donors (Lipinski definition) is 2. The fourth-order valence-corrected chi connectivity index (χ4v) is 4.13. The molecule has 0 bridgehead atoms. The standard InChI is InChI=1S/C26H35N5/c1-19(18-25-20(2)30-31(5)21(25)3)29-26(27-4)28-17-16-24(22-12-8-6-9-13-22)23-14-10-7-11-15-23/h6-15,19,24H,16-18H2,1-5H3,(H2,27,28,29). The highest BCUT2D eigenvalue weighted by molar-refractivity contribution is 5.79. The first kappa shape index (κ1) is 22.6. The molecular weight excluding hydrogens is 382 g/mol. The summed E-state index contributed by atoms with van der Waals surface area (Å²) in [7, 11) is 3.83. The minimum atomic E-state index is 0.256. The fourth-order valence-electron chi connectivity index (χ4n) is 4.13. The molecule has 3 rings (SSSR count). The summed E-state index contributed by atoms with van der Waals surface area (Å²) in [6.45, 7) is 7.24. The van der Waals surface area contributed by atoms with Gasteiger partial charge in [0.05, 0.1) is 5.69 Å². The summed E-state index contributed by atoms with van der Waals surface area (Å²) in [5.41, 5.74) is 6.32. The number of nitrogens with one attached hydrogen (secondary N) is 2. The lowest BCUT2D eigenvalue weighted by molar-refractivity contribution is 0.622. The van der Waals surface area contributed by atoms with E-state index in [9.17, 15) is 0 Å². The maximum Gasteiger partial charge on any atom is 0.191 e. The highest BCUT2D eigenvalue weighted by atomic mass is 15.3. The Hall–Kier alpha value is -3.08. The minimum absolute atomic E-state index is 0.256. The molecule has 0 aliphatic rings. The first-order valence-corrected chi connectivity index (χ1v) is 11.1. The molecule has 31 heavy (non-hydrogen) atoms. The monoisotopic (exact) mass is 417 g/mol. The Labute approximate surface area is 186 Å². The van der Waals surface area contributed by atoms with Crippen molar-refractivity contribution in [3.63, 3.8) is 0 Å². The lowest BCUT2D eigenvalue weighted by Gasteiger charge is -2.21. The second-order valence-electron chi connectivity index (χ2n) is 8.18. The highest BCUT2D eigenvalue weighted by Crippen LogP contribution is 2.27. The highest BCUT2D eigenvalue weighted by Gasteiger charge is 2.16. The van der Waals surface area contributed by atoms with Gasteiger partial charge in [0, 0.05) is 38.3 Å². The van der Waals surface area contributed by atoms with Gasteiger partial charge in [0.2, 0.25) is 0 Å². The maximum absolute atomic E-state index is 4.53. The quantitative estimate of drug-likeness (QED) is 0.423. The predicted molar refractivity (Wildman–Crippen MR) is 130 cm³/mol. The van der Waals surface area contributed by atoms with E-state index in [2.05, 4.69) is 102 Å². The van der Waals surface area contributed by atoms with Crippen LogP contribution in [0.3, 0.4) is 0 Å². The Kier molecular flexibility index (Phi) is 7.88. The van der Waals surface area contributed by atoms with Crippen LogP contribution < -0.4 is 10.6 Å². The summed E-state index contributed by atoms with van der Waals surface area (Å²) in [6, 6.07) is 21.7. The van der Waals surface area contributed by atoms with Crippen LogP contribution in [0, 0.1) is 13.8 Å². The van der Waals surface area contributed by atoms with Crippen LogP contribution in [0.5, 0.6) is 0 Å². The molecule has 3 aromatic rings. The van der Waals surface area contributed by atoms with Crippen molar-refractivity contribution in [2.75, 3.05) is 13.6 Å². The molecular formula is C26H35N5. The van der Waals surface area contributed by atoms with E-state index in [1.165, 1.54) is 22.4 Å². The van der Waals surface area contributed by atoms with Crippen molar-refractivity contribution in [2.45, 2.75) is 45.6 Å². The van der Waals surface area contributed by atoms with Crippen LogP contribution in [-0.4, -0.2) is 35.4 Å². The summed E-state index contributed by atoms with van der Waals surface area (Å²) >= 11 is 0. The van der Waals surface area contributed by atoms with E-state index < -0.39 is 0 Å². The number of nitrogens with zero attached hydrogens (tertiary/aromatic N) is 3. The van der Waals surface area contributed by atoms with E-state index in [4.69, 9.17) is 0 Å². The molecule has 0 radical (unpaired) electrons. The summed E-state index contributed by atoms with van der Waals surface area (Å²) in [6.07, 6.45) is 1.91.